The lowest BCUT2D eigenvalue weighted by Gasteiger charge is -2.25. The Morgan fingerprint density at radius 1 is 1.11 bits per heavy atom. The smallest absolute Gasteiger partial charge is 0.306 e. The molecule has 0 N–H and O–H groups in total. The van der Waals surface area contributed by atoms with Crippen molar-refractivity contribution < 1.29 is 17.4 Å². The molecule has 1 saturated carbocycles. The van der Waals surface area contributed by atoms with Crippen LogP contribution >= 0.6 is 0 Å². The molecular formula is C22H27NO4S. The Morgan fingerprint density at radius 2 is 1.75 bits per heavy atom. The summed E-state index contributed by atoms with van der Waals surface area (Å²) in [6.07, 6.45) is 1.92. The number of amides is 1. The van der Waals surface area contributed by atoms with E-state index in [0.717, 1.165) is 18.2 Å². The Morgan fingerprint density at radius 3 is 2.32 bits per heavy atom. The minimum absolute atomic E-state index is 0.0500. The molecule has 0 bridgehead atoms. The van der Waals surface area contributed by atoms with Crippen LogP contribution in [-0.4, -0.2) is 32.0 Å². The zero-order valence-corrected chi connectivity index (χ0v) is 17.4. The maximum absolute atomic E-state index is 13.1. The first-order valence-corrected chi connectivity index (χ1v) is 11.4. The van der Waals surface area contributed by atoms with E-state index in [2.05, 4.69) is 26.0 Å². The first-order valence-electron chi connectivity index (χ1n) is 9.55. The van der Waals surface area contributed by atoms with Crippen molar-refractivity contribution in [2.24, 2.45) is 11.8 Å². The van der Waals surface area contributed by atoms with Gasteiger partial charge in [0.1, 0.15) is 5.75 Å². The first kappa shape index (κ1) is 20.4. The number of hydrogen-bond donors (Lipinski definition) is 0. The van der Waals surface area contributed by atoms with Crippen LogP contribution in [0.5, 0.6) is 5.75 Å². The Balaban J connectivity index is 1.68. The van der Waals surface area contributed by atoms with Gasteiger partial charge in [0, 0.05) is 19.0 Å². The summed E-state index contributed by atoms with van der Waals surface area (Å²) in [5, 5.41) is 0. The molecule has 1 aliphatic carbocycles. The molecule has 0 spiro atoms. The highest BCUT2D eigenvalue weighted by molar-refractivity contribution is 7.86. The predicted octanol–water partition coefficient (Wildman–Crippen LogP) is 3.81. The zero-order chi connectivity index (χ0) is 20.3. The van der Waals surface area contributed by atoms with Gasteiger partial charge in [0.25, 0.3) is 0 Å². The highest BCUT2D eigenvalue weighted by Crippen LogP contribution is 2.48. The highest BCUT2D eigenvalue weighted by Gasteiger charge is 2.45. The third-order valence-corrected chi connectivity index (χ3v) is 5.27. The van der Waals surface area contributed by atoms with Crippen molar-refractivity contribution >= 4 is 16.0 Å². The number of rotatable bonds is 8. The summed E-state index contributed by atoms with van der Waals surface area (Å²) in [7, 11) is -3.54. The molecule has 150 valence electrons. The van der Waals surface area contributed by atoms with Gasteiger partial charge in [-0.1, -0.05) is 56.3 Å². The van der Waals surface area contributed by atoms with Gasteiger partial charge in [-0.25, -0.2) is 0 Å². The third-order valence-electron chi connectivity index (χ3n) is 4.78. The molecule has 2 aromatic rings. The van der Waals surface area contributed by atoms with E-state index >= 15 is 0 Å². The molecule has 1 amide bonds. The van der Waals surface area contributed by atoms with Crippen molar-refractivity contribution in [2.45, 2.75) is 32.7 Å². The molecular weight excluding hydrogens is 374 g/mol. The molecule has 3 rings (SSSR count). The van der Waals surface area contributed by atoms with Crippen LogP contribution in [0.25, 0.3) is 0 Å². The van der Waals surface area contributed by atoms with Gasteiger partial charge >= 0.3 is 10.1 Å². The summed E-state index contributed by atoms with van der Waals surface area (Å²) in [6, 6.07) is 17.1. The first-order chi connectivity index (χ1) is 13.2. The summed E-state index contributed by atoms with van der Waals surface area (Å²) in [5.41, 5.74) is 2.18. The average molecular weight is 402 g/mol. The van der Waals surface area contributed by atoms with Crippen LogP contribution in [0.15, 0.2) is 54.6 Å². The Bertz CT molecular complexity index is 907. The van der Waals surface area contributed by atoms with Crippen molar-refractivity contribution in [2.75, 3.05) is 12.8 Å². The quantitative estimate of drug-likeness (QED) is 0.631. The van der Waals surface area contributed by atoms with Crippen LogP contribution in [0, 0.1) is 11.8 Å². The van der Waals surface area contributed by atoms with Crippen LogP contribution in [0.4, 0.5) is 0 Å². The van der Waals surface area contributed by atoms with Crippen LogP contribution in [0.2, 0.25) is 0 Å². The third kappa shape index (κ3) is 5.58. The van der Waals surface area contributed by atoms with E-state index in [4.69, 9.17) is 4.18 Å². The minimum Gasteiger partial charge on any atom is -0.383 e. The van der Waals surface area contributed by atoms with Gasteiger partial charge in [-0.3, -0.25) is 4.79 Å². The van der Waals surface area contributed by atoms with Crippen LogP contribution in [0.3, 0.4) is 0 Å². The average Bonchev–Trinajstić information content (AvgIpc) is 3.42. The van der Waals surface area contributed by atoms with Crippen molar-refractivity contribution in [1.29, 1.82) is 0 Å². The molecule has 0 aromatic heterocycles. The number of benzene rings is 2. The number of nitrogens with zero attached hydrogens (tertiary/aromatic N) is 1. The number of hydrogen-bond acceptors (Lipinski definition) is 4. The van der Waals surface area contributed by atoms with E-state index in [1.165, 1.54) is 5.56 Å². The molecule has 2 aromatic carbocycles. The van der Waals surface area contributed by atoms with Crippen molar-refractivity contribution in [3.05, 3.63) is 65.7 Å². The topological polar surface area (TPSA) is 63.7 Å². The molecule has 0 unspecified atom stereocenters. The second-order valence-electron chi connectivity index (χ2n) is 7.90. The van der Waals surface area contributed by atoms with Gasteiger partial charge in [-0.05, 0) is 41.5 Å². The summed E-state index contributed by atoms with van der Waals surface area (Å²) < 4.78 is 27.3. The van der Waals surface area contributed by atoms with E-state index < -0.39 is 10.1 Å². The molecule has 0 heterocycles. The van der Waals surface area contributed by atoms with E-state index in [1.54, 1.807) is 12.1 Å². The maximum atomic E-state index is 13.1. The highest BCUT2D eigenvalue weighted by atomic mass is 32.2. The lowest BCUT2D eigenvalue weighted by molar-refractivity contribution is -0.133. The summed E-state index contributed by atoms with van der Waals surface area (Å²) in [5.74, 6) is 1.20. The van der Waals surface area contributed by atoms with Gasteiger partial charge in [-0.2, -0.15) is 8.42 Å². The normalized spacial score (nSPS) is 18.7. The molecule has 2 atom stereocenters. The monoisotopic (exact) mass is 401 g/mol. The molecule has 28 heavy (non-hydrogen) atoms. The second-order valence-corrected chi connectivity index (χ2v) is 9.48. The minimum atomic E-state index is -3.54. The molecule has 6 heteroatoms. The van der Waals surface area contributed by atoms with Crippen LogP contribution in [-0.2, 0) is 21.5 Å². The van der Waals surface area contributed by atoms with Gasteiger partial charge in [0.2, 0.25) is 5.91 Å². The van der Waals surface area contributed by atoms with E-state index in [1.807, 2.05) is 35.2 Å². The van der Waals surface area contributed by atoms with Crippen molar-refractivity contribution in [3.63, 3.8) is 0 Å². The predicted molar refractivity (Wildman–Crippen MR) is 109 cm³/mol. The number of carbonyl (C=O) groups is 1. The van der Waals surface area contributed by atoms with Crippen molar-refractivity contribution in [3.8, 4) is 5.75 Å². The van der Waals surface area contributed by atoms with Gasteiger partial charge in [0.15, 0.2) is 0 Å². The molecule has 0 radical (unpaired) electrons. The summed E-state index contributed by atoms with van der Waals surface area (Å²) >= 11 is 0. The lowest BCUT2D eigenvalue weighted by Crippen LogP contribution is -2.35. The molecule has 1 aliphatic rings. The fraction of sp³-hybridized carbons (Fsp3) is 0.409. The van der Waals surface area contributed by atoms with Gasteiger partial charge in [-0.15, -0.1) is 0 Å². The van der Waals surface area contributed by atoms with Gasteiger partial charge in [0.05, 0.1) is 6.26 Å². The number of carbonyl (C=O) groups excluding carboxylic acids is 1. The summed E-state index contributed by atoms with van der Waals surface area (Å²) in [6.45, 7) is 5.41. The van der Waals surface area contributed by atoms with Crippen molar-refractivity contribution in [1.82, 2.24) is 4.90 Å². The SMILES string of the molecule is CC(C)CN(Cc1ccc(OS(C)(=O)=O)cc1)C(=O)[C@@H]1C[C@H]1c1ccccc1. The van der Waals surface area contributed by atoms with Crippen LogP contribution in [0.1, 0.15) is 37.3 Å². The maximum Gasteiger partial charge on any atom is 0.306 e. The Labute approximate surface area is 167 Å². The molecule has 0 aliphatic heterocycles. The Hall–Kier alpha value is -2.34. The van der Waals surface area contributed by atoms with E-state index in [-0.39, 0.29) is 17.6 Å². The standard InChI is InChI=1S/C22H27NO4S/c1-16(2)14-23(15-17-9-11-19(12-10-17)27-28(3,25)26)22(24)21-13-20(21)18-7-5-4-6-8-18/h4-12,16,20-21H,13-15H2,1-3H3/t20-,21+/m0/s1. The summed E-state index contributed by atoms with van der Waals surface area (Å²) in [4.78, 5) is 15.0. The van der Waals surface area contributed by atoms with Gasteiger partial charge < -0.3 is 9.08 Å². The van der Waals surface area contributed by atoms with E-state index in [0.29, 0.717) is 24.9 Å². The molecule has 1 fully saturated rings. The fourth-order valence-electron chi connectivity index (χ4n) is 3.49. The fourth-order valence-corrected chi connectivity index (χ4v) is 3.95. The zero-order valence-electron chi connectivity index (χ0n) is 16.5. The molecule has 5 nitrogen and oxygen atoms in total. The Kier molecular flexibility index (Phi) is 6.08. The second kappa shape index (κ2) is 8.35. The van der Waals surface area contributed by atoms with E-state index in [9.17, 15) is 13.2 Å². The van der Waals surface area contributed by atoms with Crippen LogP contribution < -0.4 is 4.18 Å². The largest absolute Gasteiger partial charge is 0.383 e. The molecule has 0 saturated heterocycles. The lowest BCUT2D eigenvalue weighted by atomic mass is 10.1.